The number of anilines is 1. The van der Waals surface area contributed by atoms with Gasteiger partial charge in [-0.25, -0.2) is 8.42 Å². The lowest BCUT2D eigenvalue weighted by Gasteiger charge is -2.29. The minimum Gasteiger partial charge on any atom is -0.357 e. The lowest BCUT2D eigenvalue weighted by molar-refractivity contribution is -0.140. The van der Waals surface area contributed by atoms with Gasteiger partial charge in [-0.2, -0.15) is 0 Å². The highest BCUT2D eigenvalue weighted by Crippen LogP contribution is 2.28. The fourth-order valence-corrected chi connectivity index (χ4v) is 4.74. The standard InChI is InChI=1S/C23H29Cl2N3O4S/c1-16-20(25)7-5-8-21(16)28(33(4,31)32)14-6-9-22(29)27(17(2)23(30)26-3)15-18-10-12-19(24)13-11-18/h5,7-8,10-13,17H,6,9,14-15H2,1-4H3,(H,26,30)/t17-/m1/s1. The van der Waals surface area contributed by atoms with Crippen molar-refractivity contribution in [1.82, 2.24) is 10.2 Å². The van der Waals surface area contributed by atoms with Gasteiger partial charge in [-0.3, -0.25) is 13.9 Å². The molecular formula is C23H29Cl2N3O4S. The summed E-state index contributed by atoms with van der Waals surface area (Å²) in [6.45, 7) is 3.74. The van der Waals surface area contributed by atoms with Crippen molar-refractivity contribution in [1.29, 1.82) is 0 Å². The number of carbonyl (C=O) groups excluding carboxylic acids is 2. The zero-order valence-corrected chi connectivity index (χ0v) is 21.5. The first-order valence-electron chi connectivity index (χ1n) is 10.4. The number of nitrogens with one attached hydrogen (secondary N) is 1. The Kier molecular flexibility index (Phi) is 9.57. The Morgan fingerprint density at radius 1 is 1.09 bits per heavy atom. The first-order chi connectivity index (χ1) is 15.5. The quantitative estimate of drug-likeness (QED) is 0.519. The molecule has 0 saturated carbocycles. The SMILES string of the molecule is CNC(=O)[C@@H](C)N(Cc1ccc(Cl)cc1)C(=O)CCCN(c1cccc(Cl)c1C)S(C)(=O)=O. The number of carbonyl (C=O) groups is 2. The minimum absolute atomic E-state index is 0.0700. The van der Waals surface area contributed by atoms with Gasteiger partial charge >= 0.3 is 0 Å². The van der Waals surface area contributed by atoms with E-state index < -0.39 is 16.1 Å². The number of halogens is 2. The molecule has 2 amide bonds. The molecule has 1 atom stereocenters. The largest absolute Gasteiger partial charge is 0.357 e. The van der Waals surface area contributed by atoms with E-state index in [1.807, 2.05) is 0 Å². The summed E-state index contributed by atoms with van der Waals surface area (Å²) in [5.41, 5.74) is 1.96. The van der Waals surface area contributed by atoms with Crippen LogP contribution in [0.15, 0.2) is 42.5 Å². The monoisotopic (exact) mass is 513 g/mol. The van der Waals surface area contributed by atoms with Crippen LogP contribution in [0.2, 0.25) is 10.0 Å². The Labute approximate surface area is 205 Å². The van der Waals surface area contributed by atoms with E-state index in [1.54, 1.807) is 56.3 Å². The second-order valence-electron chi connectivity index (χ2n) is 7.76. The number of rotatable bonds is 10. The van der Waals surface area contributed by atoms with Gasteiger partial charge in [0.15, 0.2) is 0 Å². The van der Waals surface area contributed by atoms with Crippen molar-refractivity contribution in [3.8, 4) is 0 Å². The molecule has 0 saturated heterocycles. The van der Waals surface area contributed by atoms with Crippen molar-refractivity contribution in [3.63, 3.8) is 0 Å². The molecule has 2 aromatic rings. The topological polar surface area (TPSA) is 86.8 Å². The van der Waals surface area contributed by atoms with Gasteiger partial charge in [-0.05, 0) is 55.7 Å². The normalized spacial score (nSPS) is 12.2. The summed E-state index contributed by atoms with van der Waals surface area (Å²) in [6.07, 6.45) is 1.46. The van der Waals surface area contributed by atoms with E-state index in [4.69, 9.17) is 23.2 Å². The molecule has 0 radical (unpaired) electrons. The summed E-state index contributed by atoms with van der Waals surface area (Å²) in [4.78, 5) is 26.8. The molecule has 2 aromatic carbocycles. The zero-order valence-electron chi connectivity index (χ0n) is 19.1. The van der Waals surface area contributed by atoms with Gasteiger partial charge in [0.2, 0.25) is 21.8 Å². The maximum Gasteiger partial charge on any atom is 0.242 e. The van der Waals surface area contributed by atoms with E-state index in [-0.39, 0.29) is 37.7 Å². The van der Waals surface area contributed by atoms with E-state index >= 15 is 0 Å². The van der Waals surface area contributed by atoms with Gasteiger partial charge in [0.25, 0.3) is 0 Å². The number of nitrogens with zero attached hydrogens (tertiary/aromatic N) is 2. The van der Waals surface area contributed by atoms with Crippen LogP contribution in [0.1, 0.15) is 30.9 Å². The van der Waals surface area contributed by atoms with Crippen molar-refractivity contribution in [2.75, 3.05) is 24.2 Å². The Morgan fingerprint density at radius 2 is 1.73 bits per heavy atom. The van der Waals surface area contributed by atoms with Gasteiger partial charge < -0.3 is 10.2 Å². The fraction of sp³-hybridized carbons (Fsp3) is 0.391. The highest BCUT2D eigenvalue weighted by Gasteiger charge is 2.26. The van der Waals surface area contributed by atoms with E-state index in [1.165, 1.54) is 16.3 Å². The van der Waals surface area contributed by atoms with Crippen LogP contribution in [-0.4, -0.2) is 51.0 Å². The molecule has 0 aromatic heterocycles. The van der Waals surface area contributed by atoms with Crippen LogP contribution in [0.25, 0.3) is 0 Å². The van der Waals surface area contributed by atoms with Gasteiger partial charge in [0.1, 0.15) is 6.04 Å². The predicted octanol–water partition coefficient (Wildman–Crippen LogP) is 4.01. The highest BCUT2D eigenvalue weighted by molar-refractivity contribution is 7.92. The molecule has 0 aliphatic heterocycles. The summed E-state index contributed by atoms with van der Waals surface area (Å²) in [5, 5.41) is 3.61. The van der Waals surface area contributed by atoms with Crippen LogP contribution in [0.3, 0.4) is 0 Å². The Bertz CT molecular complexity index is 1090. The zero-order chi connectivity index (χ0) is 24.8. The molecule has 0 bridgehead atoms. The molecule has 7 nitrogen and oxygen atoms in total. The van der Waals surface area contributed by atoms with E-state index in [0.29, 0.717) is 21.3 Å². The van der Waals surface area contributed by atoms with Crippen molar-refractivity contribution in [3.05, 3.63) is 63.6 Å². The third-order valence-electron chi connectivity index (χ3n) is 5.34. The summed E-state index contributed by atoms with van der Waals surface area (Å²) in [5.74, 6) is -0.540. The van der Waals surface area contributed by atoms with Gasteiger partial charge in [-0.15, -0.1) is 0 Å². The van der Waals surface area contributed by atoms with E-state index in [0.717, 1.165) is 11.8 Å². The maximum atomic E-state index is 13.1. The summed E-state index contributed by atoms with van der Waals surface area (Å²) in [6, 6.07) is 11.4. The van der Waals surface area contributed by atoms with Crippen LogP contribution in [0.4, 0.5) is 5.69 Å². The van der Waals surface area contributed by atoms with Crippen LogP contribution in [0.5, 0.6) is 0 Å². The number of likely N-dealkylation sites (N-methyl/N-ethyl adjacent to an activating group) is 1. The van der Waals surface area contributed by atoms with Gasteiger partial charge in [0.05, 0.1) is 11.9 Å². The van der Waals surface area contributed by atoms with Crippen molar-refractivity contribution >= 4 is 50.7 Å². The van der Waals surface area contributed by atoms with Crippen LogP contribution < -0.4 is 9.62 Å². The second kappa shape index (κ2) is 11.7. The number of amides is 2. The first-order valence-corrected chi connectivity index (χ1v) is 13.0. The summed E-state index contributed by atoms with van der Waals surface area (Å²) < 4.78 is 26.1. The average molecular weight is 514 g/mol. The van der Waals surface area contributed by atoms with Crippen molar-refractivity contribution in [2.24, 2.45) is 0 Å². The molecular weight excluding hydrogens is 485 g/mol. The molecule has 0 aliphatic rings. The maximum absolute atomic E-state index is 13.1. The van der Waals surface area contributed by atoms with E-state index in [2.05, 4.69) is 5.32 Å². The lowest BCUT2D eigenvalue weighted by atomic mass is 10.1. The second-order valence-corrected chi connectivity index (χ2v) is 10.5. The molecule has 0 heterocycles. The Morgan fingerprint density at radius 3 is 2.30 bits per heavy atom. The van der Waals surface area contributed by atoms with Crippen molar-refractivity contribution in [2.45, 2.75) is 39.3 Å². The van der Waals surface area contributed by atoms with Crippen LogP contribution >= 0.6 is 23.2 Å². The molecule has 33 heavy (non-hydrogen) atoms. The molecule has 0 fully saturated rings. The lowest BCUT2D eigenvalue weighted by Crippen LogP contribution is -2.46. The molecule has 0 spiro atoms. The molecule has 2 rings (SSSR count). The Balaban J connectivity index is 2.17. The first kappa shape index (κ1) is 27.0. The molecule has 180 valence electrons. The number of hydrogen-bond acceptors (Lipinski definition) is 4. The molecule has 1 N–H and O–H groups in total. The predicted molar refractivity (Wildman–Crippen MR) is 133 cm³/mol. The van der Waals surface area contributed by atoms with E-state index in [9.17, 15) is 18.0 Å². The molecule has 0 aliphatic carbocycles. The number of sulfonamides is 1. The van der Waals surface area contributed by atoms with Crippen molar-refractivity contribution < 1.29 is 18.0 Å². The van der Waals surface area contributed by atoms with Gasteiger partial charge in [0, 0.05) is 36.6 Å². The third kappa shape index (κ3) is 7.35. The summed E-state index contributed by atoms with van der Waals surface area (Å²) in [7, 11) is -2.07. The van der Waals surface area contributed by atoms with Gasteiger partial charge in [-0.1, -0.05) is 41.4 Å². The van der Waals surface area contributed by atoms with Crippen LogP contribution in [0, 0.1) is 6.92 Å². The molecule has 0 unspecified atom stereocenters. The third-order valence-corrected chi connectivity index (χ3v) is 7.18. The number of hydrogen-bond donors (Lipinski definition) is 1. The Hall–Kier alpha value is -2.29. The average Bonchev–Trinajstić information content (AvgIpc) is 2.76. The van der Waals surface area contributed by atoms with Crippen LogP contribution in [-0.2, 0) is 26.2 Å². The fourth-order valence-electron chi connectivity index (χ4n) is 3.43. The smallest absolute Gasteiger partial charge is 0.242 e. The number of benzene rings is 2. The minimum atomic E-state index is -3.59. The highest BCUT2D eigenvalue weighted by atomic mass is 35.5. The molecule has 10 heteroatoms. The summed E-state index contributed by atoms with van der Waals surface area (Å²) >= 11 is 12.1.